The first kappa shape index (κ1) is 13.1. The molecule has 90 valence electrons. The highest BCUT2D eigenvalue weighted by molar-refractivity contribution is 5.35. The number of likely N-dealkylation sites (N-methyl/N-ethyl adjacent to an activating group) is 1. The topological polar surface area (TPSA) is 32.3 Å². The summed E-state index contributed by atoms with van der Waals surface area (Å²) in [5.41, 5.74) is 0.999. The van der Waals surface area contributed by atoms with E-state index >= 15 is 0 Å². The van der Waals surface area contributed by atoms with Gasteiger partial charge in [0.1, 0.15) is 5.67 Å². The molecule has 1 unspecified atom stereocenters. The summed E-state index contributed by atoms with van der Waals surface area (Å²) in [4.78, 5) is 0. The van der Waals surface area contributed by atoms with Gasteiger partial charge >= 0.3 is 0 Å². The van der Waals surface area contributed by atoms with Crippen LogP contribution in [0, 0.1) is 6.92 Å². The predicted octanol–water partition coefficient (Wildman–Crippen LogP) is 2.45. The molecule has 3 heteroatoms. The Morgan fingerprint density at radius 3 is 2.56 bits per heavy atom. The van der Waals surface area contributed by atoms with Crippen molar-refractivity contribution in [2.75, 3.05) is 13.6 Å². The van der Waals surface area contributed by atoms with E-state index in [1.54, 1.807) is 19.2 Å². The Hall–Kier alpha value is -0.930. The minimum atomic E-state index is -1.37. The van der Waals surface area contributed by atoms with E-state index < -0.39 is 11.8 Å². The number of benzene rings is 1. The number of alkyl halides is 1. The molecule has 16 heavy (non-hydrogen) atoms. The Balaban J connectivity index is 3.09. The maximum Gasteiger partial charge on any atom is 0.130 e. The third kappa shape index (κ3) is 3.03. The van der Waals surface area contributed by atoms with Gasteiger partial charge < -0.3 is 10.4 Å². The fourth-order valence-corrected chi connectivity index (χ4v) is 1.67. The van der Waals surface area contributed by atoms with Crippen molar-refractivity contribution in [3.8, 4) is 0 Å². The third-order valence-corrected chi connectivity index (χ3v) is 2.72. The van der Waals surface area contributed by atoms with Crippen molar-refractivity contribution in [3.63, 3.8) is 0 Å². The Kier molecular flexibility index (Phi) is 4.05. The van der Waals surface area contributed by atoms with Crippen LogP contribution in [0.5, 0.6) is 0 Å². The molecule has 1 atom stereocenters. The van der Waals surface area contributed by atoms with Gasteiger partial charge in [-0.05, 0) is 50.6 Å². The largest absolute Gasteiger partial charge is 0.387 e. The summed E-state index contributed by atoms with van der Waals surface area (Å²) in [6.45, 7) is 5.43. The second-order valence-corrected chi connectivity index (χ2v) is 4.62. The molecule has 1 rings (SSSR count). The monoisotopic (exact) mass is 225 g/mol. The highest BCUT2D eigenvalue weighted by Crippen LogP contribution is 2.28. The number of aliphatic hydroxyl groups is 1. The number of aliphatic hydroxyl groups excluding tert-OH is 1. The SMILES string of the molecule is CNCC(O)c1cc(C(C)(C)F)ccc1C. The number of aryl methyl sites for hydroxylation is 1. The summed E-state index contributed by atoms with van der Waals surface area (Å²) >= 11 is 0. The highest BCUT2D eigenvalue weighted by Gasteiger charge is 2.20. The van der Waals surface area contributed by atoms with Crippen molar-refractivity contribution in [1.29, 1.82) is 0 Å². The van der Waals surface area contributed by atoms with Gasteiger partial charge in [0.25, 0.3) is 0 Å². The summed E-state index contributed by atoms with van der Waals surface area (Å²) in [5.74, 6) is 0. The Labute approximate surface area is 96.5 Å². The standard InChI is InChI=1S/C13H20FNO/c1-9-5-6-10(13(2,3)14)7-11(9)12(16)8-15-4/h5-7,12,15-16H,8H2,1-4H3. The molecule has 0 aliphatic carbocycles. The summed E-state index contributed by atoms with van der Waals surface area (Å²) in [7, 11) is 1.78. The van der Waals surface area contributed by atoms with Gasteiger partial charge in [-0.1, -0.05) is 12.1 Å². The van der Waals surface area contributed by atoms with Crippen LogP contribution in [-0.2, 0) is 5.67 Å². The van der Waals surface area contributed by atoms with Gasteiger partial charge in [-0.25, -0.2) is 4.39 Å². The number of rotatable bonds is 4. The molecule has 0 heterocycles. The minimum Gasteiger partial charge on any atom is -0.387 e. The van der Waals surface area contributed by atoms with Crippen molar-refractivity contribution >= 4 is 0 Å². The predicted molar refractivity (Wildman–Crippen MR) is 64.2 cm³/mol. The van der Waals surface area contributed by atoms with E-state index in [4.69, 9.17) is 0 Å². The molecule has 0 saturated heterocycles. The molecule has 2 N–H and O–H groups in total. The fraction of sp³-hybridized carbons (Fsp3) is 0.538. The smallest absolute Gasteiger partial charge is 0.130 e. The van der Waals surface area contributed by atoms with Gasteiger partial charge in [-0.2, -0.15) is 0 Å². The second-order valence-electron chi connectivity index (χ2n) is 4.62. The Morgan fingerprint density at radius 1 is 1.44 bits per heavy atom. The molecule has 0 radical (unpaired) electrons. The lowest BCUT2D eigenvalue weighted by Crippen LogP contribution is -2.18. The van der Waals surface area contributed by atoms with Crippen LogP contribution in [0.25, 0.3) is 0 Å². The number of halogens is 1. The van der Waals surface area contributed by atoms with Crippen LogP contribution in [0.4, 0.5) is 4.39 Å². The van der Waals surface area contributed by atoms with Crippen LogP contribution in [-0.4, -0.2) is 18.7 Å². The van der Waals surface area contributed by atoms with Crippen molar-refractivity contribution in [3.05, 3.63) is 34.9 Å². The zero-order chi connectivity index (χ0) is 12.3. The maximum atomic E-state index is 13.8. The van der Waals surface area contributed by atoms with E-state index in [1.807, 2.05) is 13.0 Å². The summed E-state index contributed by atoms with van der Waals surface area (Å²) in [6, 6.07) is 5.37. The molecule has 0 aliphatic rings. The molecule has 0 amide bonds. The van der Waals surface area contributed by atoms with Gasteiger partial charge in [0.05, 0.1) is 6.10 Å². The van der Waals surface area contributed by atoms with Gasteiger partial charge in [-0.15, -0.1) is 0 Å². The van der Waals surface area contributed by atoms with E-state index in [9.17, 15) is 9.50 Å². The van der Waals surface area contributed by atoms with E-state index in [2.05, 4.69) is 5.32 Å². The zero-order valence-corrected chi connectivity index (χ0v) is 10.3. The summed E-state index contributed by atoms with van der Waals surface area (Å²) in [5, 5.41) is 12.8. The molecule has 0 bridgehead atoms. The Bertz CT molecular complexity index is 357. The van der Waals surface area contributed by atoms with Crippen molar-refractivity contribution in [1.82, 2.24) is 5.32 Å². The van der Waals surface area contributed by atoms with Crippen LogP contribution in [0.1, 0.15) is 36.6 Å². The van der Waals surface area contributed by atoms with E-state index in [1.165, 1.54) is 13.8 Å². The molecule has 1 aromatic rings. The van der Waals surface area contributed by atoms with Crippen LogP contribution in [0.3, 0.4) is 0 Å². The molecule has 1 aromatic carbocycles. The zero-order valence-electron chi connectivity index (χ0n) is 10.3. The van der Waals surface area contributed by atoms with Crippen LogP contribution in [0.15, 0.2) is 18.2 Å². The Morgan fingerprint density at radius 2 is 2.06 bits per heavy atom. The van der Waals surface area contributed by atoms with Crippen molar-refractivity contribution in [2.45, 2.75) is 32.5 Å². The van der Waals surface area contributed by atoms with Crippen LogP contribution in [0.2, 0.25) is 0 Å². The van der Waals surface area contributed by atoms with E-state index in [-0.39, 0.29) is 0 Å². The normalized spacial score (nSPS) is 13.9. The van der Waals surface area contributed by atoms with Crippen LogP contribution >= 0.6 is 0 Å². The molecule has 0 spiro atoms. The lowest BCUT2D eigenvalue weighted by molar-refractivity contribution is 0.175. The van der Waals surface area contributed by atoms with Gasteiger partial charge in [-0.3, -0.25) is 0 Å². The number of hydrogen-bond donors (Lipinski definition) is 2. The molecular weight excluding hydrogens is 205 g/mol. The van der Waals surface area contributed by atoms with Gasteiger partial charge in [0.2, 0.25) is 0 Å². The molecule has 0 aliphatic heterocycles. The molecular formula is C13H20FNO. The summed E-state index contributed by atoms with van der Waals surface area (Å²) < 4.78 is 13.8. The minimum absolute atomic E-state index is 0.469. The lowest BCUT2D eigenvalue weighted by atomic mass is 9.93. The molecule has 0 aromatic heterocycles. The van der Waals surface area contributed by atoms with Crippen LogP contribution < -0.4 is 5.32 Å². The second kappa shape index (κ2) is 4.93. The quantitative estimate of drug-likeness (QED) is 0.825. The first-order valence-corrected chi connectivity index (χ1v) is 5.49. The molecule has 0 saturated carbocycles. The van der Waals surface area contributed by atoms with E-state index in [0.29, 0.717) is 12.1 Å². The number of hydrogen-bond acceptors (Lipinski definition) is 2. The van der Waals surface area contributed by atoms with Gasteiger partial charge in [0.15, 0.2) is 0 Å². The average molecular weight is 225 g/mol. The van der Waals surface area contributed by atoms with E-state index in [0.717, 1.165) is 11.1 Å². The van der Waals surface area contributed by atoms with Gasteiger partial charge in [0, 0.05) is 6.54 Å². The third-order valence-electron chi connectivity index (χ3n) is 2.72. The fourth-order valence-electron chi connectivity index (χ4n) is 1.67. The number of nitrogens with one attached hydrogen (secondary N) is 1. The molecule has 0 fully saturated rings. The average Bonchev–Trinajstić information content (AvgIpc) is 2.16. The first-order valence-electron chi connectivity index (χ1n) is 5.49. The van der Waals surface area contributed by atoms with Crippen molar-refractivity contribution < 1.29 is 9.50 Å². The lowest BCUT2D eigenvalue weighted by Gasteiger charge is -2.19. The first-order chi connectivity index (χ1) is 7.36. The maximum absolute atomic E-state index is 13.8. The molecule has 2 nitrogen and oxygen atoms in total. The summed E-state index contributed by atoms with van der Waals surface area (Å²) in [6.07, 6.45) is -0.590. The van der Waals surface area contributed by atoms with Crippen molar-refractivity contribution in [2.24, 2.45) is 0 Å². The highest BCUT2D eigenvalue weighted by atomic mass is 19.1.